The van der Waals surface area contributed by atoms with E-state index in [-0.39, 0.29) is 16.8 Å². The van der Waals surface area contributed by atoms with Crippen LogP contribution in [-0.2, 0) is 4.74 Å². The number of hydrogen-bond donors (Lipinski definition) is 0. The number of carbonyl (C=O) groups excluding carboxylic acids is 1. The van der Waals surface area contributed by atoms with Crippen LogP contribution in [0.5, 0.6) is 0 Å². The largest absolute Gasteiger partial charge is 0.459 e. The third-order valence-corrected chi connectivity index (χ3v) is 1.82. The first-order valence-electron chi connectivity index (χ1n) is 4.42. The zero-order valence-electron chi connectivity index (χ0n) is 8.64. The van der Waals surface area contributed by atoms with Gasteiger partial charge in [-0.05, 0) is 19.9 Å². The molecule has 0 aliphatic carbocycles. The van der Waals surface area contributed by atoms with Crippen molar-refractivity contribution in [3.63, 3.8) is 0 Å². The van der Waals surface area contributed by atoms with E-state index in [1.807, 2.05) is 0 Å². The Morgan fingerprint density at radius 2 is 2.25 bits per heavy atom. The van der Waals surface area contributed by atoms with Crippen molar-refractivity contribution in [2.75, 3.05) is 0 Å². The highest BCUT2D eigenvalue weighted by molar-refractivity contribution is 6.29. The molecule has 1 aromatic rings. The van der Waals surface area contributed by atoms with Gasteiger partial charge < -0.3 is 4.74 Å². The molecular formula is C9H9ClN2O4. The van der Waals surface area contributed by atoms with Crippen LogP contribution in [0.2, 0.25) is 5.15 Å². The Labute approximate surface area is 96.3 Å². The summed E-state index contributed by atoms with van der Waals surface area (Å²) < 4.78 is 4.85. The number of ether oxygens (including phenoxy) is 1. The normalized spacial score (nSPS) is 10.2. The standard InChI is InChI=1S/C9H9ClN2O4/c1-5(2)16-9(13)6-3-8(10)11-4-7(6)12(14)15/h3-5H,1-2H3. The summed E-state index contributed by atoms with van der Waals surface area (Å²) in [6, 6.07) is 1.12. The van der Waals surface area contributed by atoms with Gasteiger partial charge in [-0.2, -0.15) is 0 Å². The Morgan fingerprint density at radius 3 is 2.75 bits per heavy atom. The molecule has 0 N–H and O–H groups in total. The van der Waals surface area contributed by atoms with Gasteiger partial charge in [0.05, 0.1) is 11.0 Å². The Kier molecular flexibility index (Phi) is 3.78. The maximum absolute atomic E-state index is 11.5. The van der Waals surface area contributed by atoms with Crippen LogP contribution in [-0.4, -0.2) is 22.0 Å². The first-order valence-corrected chi connectivity index (χ1v) is 4.80. The smallest absolute Gasteiger partial charge is 0.345 e. The molecule has 1 aromatic heterocycles. The lowest BCUT2D eigenvalue weighted by molar-refractivity contribution is -0.385. The maximum Gasteiger partial charge on any atom is 0.345 e. The lowest BCUT2D eigenvalue weighted by Crippen LogP contribution is -2.13. The second-order valence-corrected chi connectivity index (χ2v) is 3.62. The van der Waals surface area contributed by atoms with Gasteiger partial charge in [0.25, 0.3) is 0 Å². The van der Waals surface area contributed by atoms with Crippen molar-refractivity contribution >= 4 is 23.3 Å². The van der Waals surface area contributed by atoms with Gasteiger partial charge in [0.2, 0.25) is 0 Å². The number of rotatable bonds is 3. The number of hydrogen-bond acceptors (Lipinski definition) is 5. The predicted molar refractivity (Wildman–Crippen MR) is 56.5 cm³/mol. The Balaban J connectivity index is 3.14. The number of nitro groups is 1. The van der Waals surface area contributed by atoms with Crippen LogP contribution in [0.1, 0.15) is 24.2 Å². The molecule has 6 nitrogen and oxygen atoms in total. The van der Waals surface area contributed by atoms with Gasteiger partial charge >= 0.3 is 11.7 Å². The molecule has 0 fully saturated rings. The van der Waals surface area contributed by atoms with Crippen LogP contribution < -0.4 is 0 Å². The van der Waals surface area contributed by atoms with Crippen molar-refractivity contribution in [3.05, 3.63) is 33.1 Å². The Bertz CT molecular complexity index is 434. The molecule has 86 valence electrons. The van der Waals surface area contributed by atoms with E-state index >= 15 is 0 Å². The molecule has 1 heterocycles. The number of carbonyl (C=O) groups is 1. The van der Waals surface area contributed by atoms with Crippen molar-refractivity contribution in [2.45, 2.75) is 20.0 Å². The maximum atomic E-state index is 11.5. The summed E-state index contributed by atoms with van der Waals surface area (Å²) in [7, 11) is 0. The van der Waals surface area contributed by atoms with Crippen LogP contribution in [0.25, 0.3) is 0 Å². The summed E-state index contributed by atoms with van der Waals surface area (Å²) in [5, 5.41) is 10.6. The Morgan fingerprint density at radius 1 is 1.62 bits per heavy atom. The fraction of sp³-hybridized carbons (Fsp3) is 0.333. The minimum atomic E-state index is -0.786. The lowest BCUT2D eigenvalue weighted by Gasteiger charge is -2.07. The van der Waals surface area contributed by atoms with Crippen molar-refractivity contribution in [1.82, 2.24) is 4.98 Å². The van der Waals surface area contributed by atoms with Crippen LogP contribution in [0.4, 0.5) is 5.69 Å². The molecule has 0 bridgehead atoms. The zero-order chi connectivity index (χ0) is 12.3. The molecule has 0 amide bonds. The van der Waals surface area contributed by atoms with Crippen LogP contribution in [0.3, 0.4) is 0 Å². The number of aromatic nitrogens is 1. The van der Waals surface area contributed by atoms with Gasteiger partial charge in [0.15, 0.2) is 0 Å². The lowest BCUT2D eigenvalue weighted by atomic mass is 10.2. The predicted octanol–water partition coefficient (Wildman–Crippen LogP) is 2.21. The SMILES string of the molecule is CC(C)OC(=O)c1cc(Cl)ncc1[N+](=O)[O-]. The first-order chi connectivity index (χ1) is 7.41. The quantitative estimate of drug-likeness (QED) is 0.352. The average Bonchev–Trinajstić information content (AvgIpc) is 2.15. The molecule has 0 atom stereocenters. The molecule has 0 radical (unpaired) electrons. The average molecular weight is 245 g/mol. The second-order valence-electron chi connectivity index (χ2n) is 3.24. The molecule has 0 saturated heterocycles. The molecular weight excluding hydrogens is 236 g/mol. The topological polar surface area (TPSA) is 82.3 Å². The fourth-order valence-corrected chi connectivity index (χ4v) is 1.17. The number of halogens is 1. The highest BCUT2D eigenvalue weighted by Crippen LogP contribution is 2.21. The van der Waals surface area contributed by atoms with E-state index in [9.17, 15) is 14.9 Å². The van der Waals surface area contributed by atoms with E-state index in [1.54, 1.807) is 13.8 Å². The molecule has 1 rings (SSSR count). The minimum absolute atomic E-state index is 0.00121. The molecule has 0 spiro atoms. The van der Waals surface area contributed by atoms with Crippen molar-refractivity contribution in [3.8, 4) is 0 Å². The summed E-state index contributed by atoms with van der Waals surface area (Å²) in [6.45, 7) is 3.29. The first kappa shape index (κ1) is 12.4. The van der Waals surface area contributed by atoms with Crippen molar-refractivity contribution < 1.29 is 14.5 Å². The number of pyridine rings is 1. The summed E-state index contributed by atoms with van der Waals surface area (Å²) in [5.74, 6) is -0.786. The number of esters is 1. The Hall–Kier alpha value is -1.69. The second kappa shape index (κ2) is 4.89. The van der Waals surface area contributed by atoms with Gasteiger partial charge in [-0.25, -0.2) is 9.78 Å². The summed E-state index contributed by atoms with van der Waals surface area (Å²) in [5.41, 5.74) is -0.617. The molecule has 0 aliphatic heterocycles. The highest BCUT2D eigenvalue weighted by atomic mass is 35.5. The molecule has 7 heteroatoms. The molecule has 0 aromatic carbocycles. The van der Waals surface area contributed by atoms with E-state index < -0.39 is 16.6 Å². The van der Waals surface area contributed by atoms with Crippen LogP contribution >= 0.6 is 11.6 Å². The van der Waals surface area contributed by atoms with Gasteiger partial charge in [-0.3, -0.25) is 10.1 Å². The van der Waals surface area contributed by atoms with Gasteiger partial charge in [0.1, 0.15) is 16.9 Å². The van der Waals surface area contributed by atoms with E-state index in [2.05, 4.69) is 4.98 Å². The molecule has 0 saturated carbocycles. The monoisotopic (exact) mass is 244 g/mol. The minimum Gasteiger partial charge on any atom is -0.459 e. The summed E-state index contributed by atoms with van der Waals surface area (Å²) >= 11 is 5.56. The van der Waals surface area contributed by atoms with Gasteiger partial charge in [-0.1, -0.05) is 11.6 Å². The van der Waals surface area contributed by atoms with Gasteiger partial charge in [-0.15, -0.1) is 0 Å². The molecule has 16 heavy (non-hydrogen) atoms. The van der Waals surface area contributed by atoms with Crippen LogP contribution in [0.15, 0.2) is 12.3 Å². The third-order valence-electron chi connectivity index (χ3n) is 1.61. The zero-order valence-corrected chi connectivity index (χ0v) is 9.39. The van der Waals surface area contributed by atoms with E-state index in [4.69, 9.17) is 16.3 Å². The number of nitrogens with zero attached hydrogens (tertiary/aromatic N) is 2. The summed E-state index contributed by atoms with van der Waals surface area (Å²) in [4.78, 5) is 25.0. The van der Waals surface area contributed by atoms with Crippen molar-refractivity contribution in [1.29, 1.82) is 0 Å². The van der Waals surface area contributed by atoms with Crippen LogP contribution in [0, 0.1) is 10.1 Å². The molecule has 0 unspecified atom stereocenters. The van der Waals surface area contributed by atoms with E-state index in [1.165, 1.54) is 0 Å². The van der Waals surface area contributed by atoms with E-state index in [0.717, 1.165) is 12.3 Å². The van der Waals surface area contributed by atoms with Gasteiger partial charge in [0, 0.05) is 0 Å². The van der Waals surface area contributed by atoms with E-state index in [0.29, 0.717) is 0 Å². The third kappa shape index (κ3) is 2.90. The molecule has 0 aliphatic rings. The fourth-order valence-electron chi connectivity index (χ4n) is 1.01. The summed E-state index contributed by atoms with van der Waals surface area (Å²) in [6.07, 6.45) is 0.568. The van der Waals surface area contributed by atoms with Crippen molar-refractivity contribution in [2.24, 2.45) is 0 Å². The highest BCUT2D eigenvalue weighted by Gasteiger charge is 2.23.